The van der Waals surface area contributed by atoms with Crippen LogP contribution in [-0.2, 0) is 16.6 Å². The molecule has 0 unspecified atom stereocenters. The smallest absolute Gasteiger partial charge is 0.194 e. The minimum atomic E-state index is -1.51. The van der Waals surface area contributed by atoms with Crippen molar-refractivity contribution in [1.29, 1.82) is 0 Å². The maximum atomic E-state index is 14.3. The molecule has 254 valence electrons. The Balaban J connectivity index is 1.32. The van der Waals surface area contributed by atoms with Gasteiger partial charge in [0.1, 0.15) is 5.60 Å². The van der Waals surface area contributed by atoms with Gasteiger partial charge in [-0.3, -0.25) is 9.59 Å². The molecular formula is C45H36BNO5. The summed E-state index contributed by atoms with van der Waals surface area (Å²) in [7, 11) is 6.81. The summed E-state index contributed by atoms with van der Waals surface area (Å²) in [6.45, 7) is 4.58. The van der Waals surface area contributed by atoms with Crippen molar-refractivity contribution in [3.63, 3.8) is 0 Å². The molecule has 0 aliphatic heterocycles. The van der Waals surface area contributed by atoms with Crippen molar-refractivity contribution in [2.24, 2.45) is 0 Å². The molecule has 7 aliphatic carbocycles. The van der Waals surface area contributed by atoms with Gasteiger partial charge in [-0.05, 0) is 131 Å². The molecule has 2 fully saturated rings. The molecule has 4 bridgehead atoms. The zero-order valence-electron chi connectivity index (χ0n) is 29.2. The number of benzene rings is 5. The summed E-state index contributed by atoms with van der Waals surface area (Å²) in [5.74, 6) is -0.465. The number of aromatic nitrogens is 1. The van der Waals surface area contributed by atoms with Gasteiger partial charge in [0.05, 0.1) is 35.6 Å². The highest BCUT2D eigenvalue weighted by Crippen LogP contribution is 2.59. The number of hydrogen-bond donors (Lipinski definition) is 3. The van der Waals surface area contributed by atoms with Crippen molar-refractivity contribution in [3.05, 3.63) is 100 Å². The van der Waals surface area contributed by atoms with E-state index in [0.29, 0.717) is 60.8 Å². The largest absolute Gasteiger partial charge is 0.385 e. The molecule has 7 aromatic rings. The molecule has 14 rings (SSSR count). The van der Waals surface area contributed by atoms with E-state index in [2.05, 4.69) is 66.8 Å². The maximum absolute atomic E-state index is 14.3. The number of ketones is 2. The SMILES string of the molecule is [B]C12CCC(O)(CC1)c1cc3c4c5c(cc6c7cc8c(cc7n(c3cc1C2=O)c64)C(=O)C1(O)CCC8(O)CC1)-c1cccc2cccc(c12)C5(C)C. The summed E-state index contributed by atoms with van der Waals surface area (Å²) in [6, 6.07) is 23.2. The molecule has 7 heteroatoms. The first kappa shape index (κ1) is 30.0. The van der Waals surface area contributed by atoms with Gasteiger partial charge >= 0.3 is 0 Å². The molecule has 52 heavy (non-hydrogen) atoms. The van der Waals surface area contributed by atoms with Crippen LogP contribution in [0.4, 0.5) is 0 Å². The fourth-order valence-corrected chi connectivity index (χ4v) is 11.6. The van der Waals surface area contributed by atoms with E-state index < -0.39 is 27.5 Å². The van der Waals surface area contributed by atoms with Gasteiger partial charge in [-0.15, -0.1) is 0 Å². The van der Waals surface area contributed by atoms with Crippen LogP contribution in [0.15, 0.2) is 66.7 Å². The van der Waals surface area contributed by atoms with Gasteiger partial charge in [0, 0.05) is 38.1 Å². The van der Waals surface area contributed by atoms with E-state index in [0.717, 1.165) is 49.2 Å². The van der Waals surface area contributed by atoms with Gasteiger partial charge < -0.3 is 19.7 Å². The summed E-state index contributed by atoms with van der Waals surface area (Å²) in [5, 5.41) is 41.2. The third-order valence-corrected chi connectivity index (χ3v) is 14.6. The van der Waals surface area contributed by atoms with E-state index in [4.69, 9.17) is 7.85 Å². The molecular weight excluding hydrogens is 645 g/mol. The first-order chi connectivity index (χ1) is 24.8. The lowest BCUT2D eigenvalue weighted by Crippen LogP contribution is -2.42. The summed E-state index contributed by atoms with van der Waals surface area (Å²) < 4.78 is 2.19. The van der Waals surface area contributed by atoms with Crippen LogP contribution >= 0.6 is 0 Å². The molecule has 2 radical (unpaired) electrons. The summed E-state index contributed by atoms with van der Waals surface area (Å²) in [6.07, 6.45) is 2.80. The van der Waals surface area contributed by atoms with Gasteiger partial charge in [0.2, 0.25) is 0 Å². The molecule has 2 saturated carbocycles. The second-order valence-corrected chi connectivity index (χ2v) is 17.5. The van der Waals surface area contributed by atoms with Gasteiger partial charge in [0.25, 0.3) is 0 Å². The Morgan fingerprint density at radius 1 is 0.577 bits per heavy atom. The van der Waals surface area contributed by atoms with Crippen LogP contribution in [0.1, 0.15) is 108 Å². The molecule has 0 atom stereocenters. The van der Waals surface area contributed by atoms with Crippen molar-refractivity contribution in [2.75, 3.05) is 0 Å². The van der Waals surface area contributed by atoms with Crippen LogP contribution in [0.2, 0.25) is 5.31 Å². The summed E-state index contributed by atoms with van der Waals surface area (Å²) >= 11 is 0. The van der Waals surface area contributed by atoms with E-state index in [-0.39, 0.29) is 24.4 Å². The van der Waals surface area contributed by atoms with E-state index >= 15 is 0 Å². The Labute approximate surface area is 300 Å². The van der Waals surface area contributed by atoms with Crippen LogP contribution in [-0.4, -0.2) is 44.7 Å². The minimum Gasteiger partial charge on any atom is -0.385 e. The Morgan fingerprint density at radius 3 is 1.85 bits per heavy atom. The van der Waals surface area contributed by atoms with Crippen molar-refractivity contribution >= 4 is 68.3 Å². The average Bonchev–Trinajstić information content (AvgIpc) is 3.55. The monoisotopic (exact) mass is 681 g/mol. The van der Waals surface area contributed by atoms with Crippen molar-refractivity contribution in [2.45, 2.75) is 92.7 Å². The van der Waals surface area contributed by atoms with Gasteiger partial charge in [-0.25, -0.2) is 0 Å². The van der Waals surface area contributed by atoms with Gasteiger partial charge in [0.15, 0.2) is 11.6 Å². The predicted molar refractivity (Wildman–Crippen MR) is 203 cm³/mol. The third kappa shape index (κ3) is 3.20. The quantitative estimate of drug-likeness (QED) is 0.140. The lowest BCUT2D eigenvalue weighted by Gasteiger charge is -2.37. The highest BCUT2D eigenvalue weighted by Gasteiger charge is 2.53. The van der Waals surface area contributed by atoms with Crippen LogP contribution in [0.25, 0.3) is 60.0 Å². The third-order valence-electron chi connectivity index (χ3n) is 14.6. The second kappa shape index (κ2) is 8.79. The number of fused-ring (bicyclic) bond motifs is 13. The topological polar surface area (TPSA) is 99.2 Å². The second-order valence-electron chi connectivity index (χ2n) is 17.5. The molecule has 2 aromatic heterocycles. The number of carbonyl (C=O) groups is 2. The number of nitrogens with zero attached hydrogens (tertiary/aromatic N) is 1. The van der Waals surface area contributed by atoms with Crippen molar-refractivity contribution in [1.82, 2.24) is 4.40 Å². The summed E-state index contributed by atoms with van der Waals surface area (Å²) in [4.78, 5) is 28.5. The Hall–Kier alpha value is -4.56. The van der Waals surface area contributed by atoms with E-state index in [1.807, 2.05) is 18.2 Å². The number of carbonyl (C=O) groups excluding carboxylic acids is 2. The van der Waals surface area contributed by atoms with Crippen LogP contribution < -0.4 is 0 Å². The first-order valence-corrected chi connectivity index (χ1v) is 18.7. The average molecular weight is 682 g/mol. The number of aliphatic hydroxyl groups is 3. The van der Waals surface area contributed by atoms with Gasteiger partial charge in [-0.2, -0.15) is 0 Å². The van der Waals surface area contributed by atoms with Crippen molar-refractivity contribution in [3.8, 4) is 11.1 Å². The standard InChI is InChI=1S/C45H36BNO5/c1-41(2)30-8-4-6-22-5-3-7-23(35(22)30)25-17-26-24-18-31-28(40(49)45(52)15-13-44(31,51)14-16-45)21-33(24)47-34-20-27-32(19-29(34)36(37(25)41)38(26)47)43(50)11-9-42(46,10-12-43)39(27)48/h3-8,17-21,50-52H,9-16H2,1-2H3. The molecule has 2 heterocycles. The molecule has 5 aromatic carbocycles. The molecule has 6 nitrogen and oxygen atoms in total. The highest BCUT2D eigenvalue weighted by atomic mass is 16.3. The zero-order chi connectivity index (χ0) is 35.5. The first-order valence-electron chi connectivity index (χ1n) is 18.7. The predicted octanol–water partition coefficient (Wildman–Crippen LogP) is 8.27. The number of hydrogen-bond acceptors (Lipinski definition) is 5. The minimum absolute atomic E-state index is 0.129. The van der Waals surface area contributed by atoms with Gasteiger partial charge in [-0.1, -0.05) is 50.2 Å². The Morgan fingerprint density at radius 2 is 1.15 bits per heavy atom. The van der Waals surface area contributed by atoms with E-state index in [1.54, 1.807) is 0 Å². The fourth-order valence-electron chi connectivity index (χ4n) is 11.6. The molecule has 0 amide bonds. The van der Waals surface area contributed by atoms with E-state index in [9.17, 15) is 24.9 Å². The van der Waals surface area contributed by atoms with Crippen LogP contribution in [0.5, 0.6) is 0 Å². The molecule has 0 spiro atoms. The van der Waals surface area contributed by atoms with Crippen molar-refractivity contribution < 1.29 is 24.9 Å². The highest BCUT2D eigenvalue weighted by molar-refractivity contribution is 6.34. The Kier molecular flexibility index (Phi) is 5.07. The molecule has 3 N–H and O–H groups in total. The normalized spacial score (nSPS) is 30.0. The zero-order valence-corrected chi connectivity index (χ0v) is 29.2. The number of rotatable bonds is 0. The Bertz CT molecular complexity index is 2870. The van der Waals surface area contributed by atoms with E-state index in [1.165, 1.54) is 21.9 Å². The fraction of sp³-hybridized carbons (Fsp3) is 0.333. The lowest BCUT2D eigenvalue weighted by atomic mass is 9.57. The van der Waals surface area contributed by atoms with Crippen LogP contribution in [0, 0.1) is 0 Å². The molecule has 7 aliphatic rings. The number of Topliss-reactive ketones (excluding diaryl/α,β-unsaturated/α-hetero) is 2. The molecule has 0 saturated heterocycles. The lowest BCUT2D eigenvalue weighted by molar-refractivity contribution is -0.0607. The van der Waals surface area contributed by atoms with Crippen LogP contribution in [0.3, 0.4) is 0 Å². The maximum Gasteiger partial charge on any atom is 0.194 e. The summed E-state index contributed by atoms with van der Waals surface area (Å²) in [5.41, 5.74) is 5.10.